The van der Waals surface area contributed by atoms with Gasteiger partial charge in [0.2, 0.25) is 0 Å². The van der Waals surface area contributed by atoms with E-state index < -0.39 is 0 Å². The molecule has 1 aliphatic carbocycles. The molecule has 2 rings (SSSR count). The number of nitrogens with zero attached hydrogens (tertiary/aromatic N) is 1. The Morgan fingerprint density at radius 2 is 2.00 bits per heavy atom. The molecular weight excluding hydrogens is 184 g/mol. The van der Waals surface area contributed by atoms with E-state index in [1.54, 1.807) is 0 Å². The summed E-state index contributed by atoms with van der Waals surface area (Å²) in [6, 6.07) is 0.491. The molecule has 1 saturated carbocycles. The maximum Gasteiger partial charge on any atom is 0.00793 e. The SMILES string of the molecule is CC1CCCN(CCC(N)C2CC2)CC1. The van der Waals surface area contributed by atoms with Crippen LogP contribution in [0.3, 0.4) is 0 Å². The molecule has 2 fully saturated rings. The van der Waals surface area contributed by atoms with Gasteiger partial charge in [0.05, 0.1) is 0 Å². The Hall–Kier alpha value is -0.0800. The second-order valence-corrected chi connectivity index (χ2v) is 5.67. The molecule has 2 aliphatic rings. The van der Waals surface area contributed by atoms with Crippen LogP contribution in [-0.4, -0.2) is 30.6 Å². The normalized spacial score (nSPS) is 31.2. The average molecular weight is 210 g/mol. The van der Waals surface area contributed by atoms with Crippen molar-refractivity contribution in [2.24, 2.45) is 17.6 Å². The van der Waals surface area contributed by atoms with E-state index in [0.717, 1.165) is 11.8 Å². The maximum atomic E-state index is 6.14. The lowest BCUT2D eigenvalue weighted by atomic mass is 10.0. The van der Waals surface area contributed by atoms with Crippen LogP contribution in [0.4, 0.5) is 0 Å². The fourth-order valence-electron chi connectivity index (χ4n) is 2.64. The Kier molecular flexibility index (Phi) is 4.04. The lowest BCUT2D eigenvalue weighted by molar-refractivity contribution is 0.266. The summed E-state index contributed by atoms with van der Waals surface area (Å²) in [5, 5.41) is 0. The largest absolute Gasteiger partial charge is 0.327 e. The molecule has 0 aromatic heterocycles. The van der Waals surface area contributed by atoms with Gasteiger partial charge < -0.3 is 10.6 Å². The molecule has 2 unspecified atom stereocenters. The zero-order chi connectivity index (χ0) is 10.7. The van der Waals surface area contributed by atoms with Crippen molar-refractivity contribution >= 4 is 0 Å². The Morgan fingerprint density at radius 3 is 2.73 bits per heavy atom. The third kappa shape index (κ3) is 3.76. The number of hydrogen-bond acceptors (Lipinski definition) is 2. The zero-order valence-corrected chi connectivity index (χ0v) is 10.1. The molecule has 1 saturated heterocycles. The monoisotopic (exact) mass is 210 g/mol. The van der Waals surface area contributed by atoms with E-state index in [1.807, 2.05) is 0 Å². The van der Waals surface area contributed by atoms with Crippen LogP contribution < -0.4 is 5.73 Å². The molecule has 0 aromatic rings. The molecule has 2 nitrogen and oxygen atoms in total. The van der Waals surface area contributed by atoms with E-state index >= 15 is 0 Å². The van der Waals surface area contributed by atoms with Gasteiger partial charge in [0, 0.05) is 6.04 Å². The minimum absolute atomic E-state index is 0.491. The highest BCUT2D eigenvalue weighted by Crippen LogP contribution is 2.32. The van der Waals surface area contributed by atoms with Crippen LogP contribution in [0, 0.1) is 11.8 Å². The average Bonchev–Trinajstić information content (AvgIpc) is 3.02. The van der Waals surface area contributed by atoms with E-state index in [0.29, 0.717) is 6.04 Å². The summed E-state index contributed by atoms with van der Waals surface area (Å²) in [5.41, 5.74) is 6.14. The highest BCUT2D eigenvalue weighted by atomic mass is 15.1. The van der Waals surface area contributed by atoms with Crippen molar-refractivity contribution in [2.45, 2.75) is 51.5 Å². The Morgan fingerprint density at radius 1 is 1.20 bits per heavy atom. The van der Waals surface area contributed by atoms with E-state index in [2.05, 4.69) is 11.8 Å². The minimum atomic E-state index is 0.491. The summed E-state index contributed by atoms with van der Waals surface area (Å²) in [6.45, 7) is 6.24. The fraction of sp³-hybridized carbons (Fsp3) is 1.00. The predicted molar refractivity (Wildman–Crippen MR) is 64.8 cm³/mol. The van der Waals surface area contributed by atoms with Gasteiger partial charge in [0.25, 0.3) is 0 Å². The van der Waals surface area contributed by atoms with E-state index in [9.17, 15) is 0 Å². The number of likely N-dealkylation sites (tertiary alicyclic amines) is 1. The molecule has 2 heteroatoms. The van der Waals surface area contributed by atoms with E-state index in [-0.39, 0.29) is 0 Å². The van der Waals surface area contributed by atoms with Crippen molar-refractivity contribution in [3.8, 4) is 0 Å². The van der Waals surface area contributed by atoms with Crippen molar-refractivity contribution in [1.82, 2.24) is 4.90 Å². The molecular formula is C13H26N2. The van der Waals surface area contributed by atoms with Gasteiger partial charge in [-0.2, -0.15) is 0 Å². The predicted octanol–water partition coefficient (Wildman–Crippen LogP) is 2.24. The first-order valence-corrected chi connectivity index (χ1v) is 6.73. The molecule has 15 heavy (non-hydrogen) atoms. The van der Waals surface area contributed by atoms with Crippen LogP contribution in [0.15, 0.2) is 0 Å². The molecule has 88 valence electrons. The smallest absolute Gasteiger partial charge is 0.00793 e. The summed E-state index contributed by atoms with van der Waals surface area (Å²) in [4.78, 5) is 2.63. The van der Waals surface area contributed by atoms with Crippen molar-refractivity contribution in [2.75, 3.05) is 19.6 Å². The number of nitrogens with two attached hydrogens (primary N) is 1. The number of rotatable bonds is 4. The summed E-state index contributed by atoms with van der Waals surface area (Å²) in [7, 11) is 0. The van der Waals surface area contributed by atoms with Gasteiger partial charge in [-0.25, -0.2) is 0 Å². The number of hydrogen-bond donors (Lipinski definition) is 1. The van der Waals surface area contributed by atoms with Crippen LogP contribution in [0.5, 0.6) is 0 Å². The molecule has 2 atom stereocenters. The summed E-state index contributed by atoms with van der Waals surface area (Å²) < 4.78 is 0. The van der Waals surface area contributed by atoms with Crippen molar-refractivity contribution in [3.63, 3.8) is 0 Å². The maximum absolute atomic E-state index is 6.14. The van der Waals surface area contributed by atoms with E-state index in [1.165, 1.54) is 58.2 Å². The van der Waals surface area contributed by atoms with Gasteiger partial charge in [-0.1, -0.05) is 6.92 Å². The third-order valence-electron chi connectivity index (χ3n) is 4.12. The van der Waals surface area contributed by atoms with Crippen LogP contribution in [0.25, 0.3) is 0 Å². The first-order chi connectivity index (χ1) is 7.25. The van der Waals surface area contributed by atoms with Gasteiger partial charge in [0.15, 0.2) is 0 Å². The van der Waals surface area contributed by atoms with Crippen LogP contribution in [0.1, 0.15) is 45.4 Å². The van der Waals surface area contributed by atoms with Gasteiger partial charge in [-0.3, -0.25) is 0 Å². The van der Waals surface area contributed by atoms with E-state index in [4.69, 9.17) is 5.73 Å². The summed E-state index contributed by atoms with van der Waals surface area (Å²) in [6.07, 6.45) is 8.19. The fourth-order valence-corrected chi connectivity index (χ4v) is 2.64. The van der Waals surface area contributed by atoms with Crippen LogP contribution in [0.2, 0.25) is 0 Å². The van der Waals surface area contributed by atoms with Crippen molar-refractivity contribution in [1.29, 1.82) is 0 Å². The second-order valence-electron chi connectivity index (χ2n) is 5.67. The van der Waals surface area contributed by atoms with Gasteiger partial charge in [-0.15, -0.1) is 0 Å². The highest BCUT2D eigenvalue weighted by molar-refractivity contribution is 4.84. The molecule has 1 aliphatic heterocycles. The van der Waals surface area contributed by atoms with Crippen molar-refractivity contribution < 1.29 is 0 Å². The first kappa shape index (κ1) is 11.4. The standard InChI is InChI=1S/C13H26N2/c1-11-3-2-8-15(9-6-11)10-7-13(14)12-4-5-12/h11-13H,2-10,14H2,1H3. The van der Waals surface area contributed by atoms with Gasteiger partial charge >= 0.3 is 0 Å². The highest BCUT2D eigenvalue weighted by Gasteiger charge is 2.28. The lowest BCUT2D eigenvalue weighted by Gasteiger charge is -2.21. The van der Waals surface area contributed by atoms with Gasteiger partial charge in [-0.05, 0) is 70.0 Å². The molecule has 0 amide bonds. The molecule has 1 heterocycles. The quantitative estimate of drug-likeness (QED) is 0.771. The molecule has 0 spiro atoms. The Labute approximate surface area is 94.2 Å². The van der Waals surface area contributed by atoms with Crippen molar-refractivity contribution in [3.05, 3.63) is 0 Å². The van der Waals surface area contributed by atoms with Gasteiger partial charge in [0.1, 0.15) is 0 Å². The summed E-state index contributed by atoms with van der Waals surface area (Å²) in [5.74, 6) is 1.81. The minimum Gasteiger partial charge on any atom is -0.327 e. The van der Waals surface area contributed by atoms with Crippen LogP contribution in [-0.2, 0) is 0 Å². The lowest BCUT2D eigenvalue weighted by Crippen LogP contribution is -2.32. The molecule has 0 radical (unpaired) electrons. The van der Waals surface area contributed by atoms with Crippen LogP contribution >= 0.6 is 0 Å². The Balaban J connectivity index is 1.64. The molecule has 0 aromatic carbocycles. The Bertz CT molecular complexity index is 189. The first-order valence-electron chi connectivity index (χ1n) is 6.73. The topological polar surface area (TPSA) is 29.3 Å². The zero-order valence-electron chi connectivity index (χ0n) is 10.1. The molecule has 0 bridgehead atoms. The summed E-state index contributed by atoms with van der Waals surface area (Å²) >= 11 is 0. The third-order valence-corrected chi connectivity index (χ3v) is 4.12. The molecule has 2 N–H and O–H groups in total. The second kappa shape index (κ2) is 5.31.